The lowest BCUT2D eigenvalue weighted by Gasteiger charge is -2.46. The summed E-state index contributed by atoms with van der Waals surface area (Å²) in [6.45, 7) is 9.10. The molecule has 3 heteroatoms. The summed E-state index contributed by atoms with van der Waals surface area (Å²) in [4.78, 5) is 26.8. The van der Waals surface area contributed by atoms with Crippen molar-refractivity contribution >= 4 is 11.6 Å². The molecule has 0 aromatic rings. The number of hydrogen-bond donors (Lipinski definition) is 0. The number of Topliss-reactive ketones (excluding diaryl/α,β-unsaturated/α-hetero) is 2. The molecule has 0 heterocycles. The fraction of sp³-hybridized carbons (Fsp3) is 0.714. The molecule has 0 radical (unpaired) electrons. The van der Waals surface area contributed by atoms with Crippen molar-refractivity contribution in [1.82, 2.24) is 0 Å². The molecule has 2 saturated carbocycles. The minimum absolute atomic E-state index is 0.0494. The summed E-state index contributed by atoms with van der Waals surface area (Å²) in [5, 5.41) is 0. The van der Waals surface area contributed by atoms with Gasteiger partial charge >= 0.3 is 0 Å². The molecule has 4 aliphatic carbocycles. The van der Waals surface area contributed by atoms with Crippen LogP contribution in [-0.4, -0.2) is 18.2 Å². The zero-order valence-corrected chi connectivity index (χ0v) is 15.3. The second-order valence-electron chi connectivity index (χ2n) is 8.75. The molecule has 2 fully saturated rings. The summed E-state index contributed by atoms with van der Waals surface area (Å²) in [6, 6.07) is 0. The van der Waals surface area contributed by atoms with Crippen LogP contribution in [0.1, 0.15) is 59.8 Å². The van der Waals surface area contributed by atoms with E-state index in [2.05, 4.69) is 26.8 Å². The van der Waals surface area contributed by atoms with Crippen molar-refractivity contribution in [3.05, 3.63) is 23.0 Å². The van der Waals surface area contributed by atoms with Crippen LogP contribution in [0.5, 0.6) is 0 Å². The van der Waals surface area contributed by atoms with Gasteiger partial charge in [-0.25, -0.2) is 0 Å². The summed E-state index contributed by atoms with van der Waals surface area (Å²) in [5.74, 6) is 1.67. The zero-order valence-electron chi connectivity index (χ0n) is 15.3. The quantitative estimate of drug-likeness (QED) is 0.713. The lowest BCUT2D eigenvalue weighted by Crippen LogP contribution is -2.48. The number of allylic oxidation sites excluding steroid dienone is 4. The van der Waals surface area contributed by atoms with Crippen LogP contribution in [0.25, 0.3) is 0 Å². The summed E-state index contributed by atoms with van der Waals surface area (Å²) in [5.41, 5.74) is 1.99. The first-order valence-corrected chi connectivity index (χ1v) is 9.42. The van der Waals surface area contributed by atoms with Crippen molar-refractivity contribution in [3.8, 4) is 0 Å². The summed E-state index contributed by atoms with van der Waals surface area (Å²) < 4.78 is 5.74. The van der Waals surface area contributed by atoms with Crippen LogP contribution in [0.2, 0.25) is 0 Å². The van der Waals surface area contributed by atoms with E-state index in [0.29, 0.717) is 31.0 Å². The van der Waals surface area contributed by atoms with E-state index in [1.165, 1.54) is 11.1 Å². The predicted octanol–water partition coefficient (Wildman–Crippen LogP) is 4.23. The molecular weight excluding hydrogens is 300 g/mol. The topological polar surface area (TPSA) is 43.4 Å². The Hall–Kier alpha value is -1.38. The number of carbonyl (C=O) groups is 2. The monoisotopic (exact) mass is 328 g/mol. The molecule has 0 N–H and O–H groups in total. The maximum absolute atomic E-state index is 13.5. The number of carbonyl (C=O) groups excluding carboxylic acids is 2. The Morgan fingerprint density at radius 1 is 1.25 bits per heavy atom. The Balaban J connectivity index is 1.80. The fourth-order valence-corrected chi connectivity index (χ4v) is 5.83. The Labute approximate surface area is 144 Å². The number of ketones is 2. The van der Waals surface area contributed by atoms with Gasteiger partial charge in [-0.1, -0.05) is 25.0 Å². The van der Waals surface area contributed by atoms with Gasteiger partial charge in [0.2, 0.25) is 0 Å². The molecule has 0 unspecified atom stereocenters. The highest BCUT2D eigenvalue weighted by molar-refractivity contribution is 6.00. The third-order valence-corrected chi connectivity index (χ3v) is 7.32. The maximum Gasteiger partial charge on any atom is 0.144 e. The highest BCUT2D eigenvalue weighted by Crippen LogP contribution is 2.67. The van der Waals surface area contributed by atoms with Crippen LogP contribution in [0, 0.1) is 28.6 Å². The van der Waals surface area contributed by atoms with Crippen LogP contribution >= 0.6 is 0 Å². The van der Waals surface area contributed by atoms with Crippen LogP contribution < -0.4 is 0 Å². The van der Waals surface area contributed by atoms with E-state index in [-0.39, 0.29) is 23.2 Å². The van der Waals surface area contributed by atoms with Gasteiger partial charge in [0.05, 0.1) is 12.4 Å². The second kappa shape index (κ2) is 5.06. The number of hydrogen-bond acceptors (Lipinski definition) is 3. The molecule has 130 valence electrons. The Bertz CT molecular complexity index is 681. The van der Waals surface area contributed by atoms with Gasteiger partial charge in [-0.3, -0.25) is 9.59 Å². The first kappa shape index (κ1) is 16.1. The second-order valence-corrected chi connectivity index (χ2v) is 8.75. The third-order valence-electron chi connectivity index (χ3n) is 7.32. The molecule has 0 aliphatic heterocycles. The molecule has 0 amide bonds. The summed E-state index contributed by atoms with van der Waals surface area (Å²) in [7, 11) is 0. The Kier molecular flexibility index (Phi) is 3.40. The van der Waals surface area contributed by atoms with Crippen LogP contribution in [0.4, 0.5) is 0 Å². The molecule has 4 rings (SSSR count). The van der Waals surface area contributed by atoms with E-state index in [9.17, 15) is 9.59 Å². The van der Waals surface area contributed by atoms with E-state index in [4.69, 9.17) is 4.74 Å². The lowest BCUT2D eigenvalue weighted by atomic mass is 9.56. The van der Waals surface area contributed by atoms with Crippen molar-refractivity contribution in [3.63, 3.8) is 0 Å². The van der Waals surface area contributed by atoms with Crippen LogP contribution in [-0.2, 0) is 14.3 Å². The highest BCUT2D eigenvalue weighted by Gasteiger charge is 2.68. The van der Waals surface area contributed by atoms with Crippen molar-refractivity contribution in [2.45, 2.75) is 59.8 Å². The van der Waals surface area contributed by atoms with Gasteiger partial charge in [-0.15, -0.1) is 0 Å². The van der Waals surface area contributed by atoms with Crippen molar-refractivity contribution < 1.29 is 14.3 Å². The third kappa shape index (κ3) is 1.96. The van der Waals surface area contributed by atoms with Gasteiger partial charge in [-0.05, 0) is 50.5 Å². The lowest BCUT2D eigenvalue weighted by molar-refractivity contribution is -0.141. The molecule has 0 saturated heterocycles. The predicted molar refractivity (Wildman–Crippen MR) is 92.2 cm³/mol. The van der Waals surface area contributed by atoms with Gasteiger partial charge in [-0.2, -0.15) is 0 Å². The molecular formula is C21H28O3. The fourth-order valence-electron chi connectivity index (χ4n) is 5.83. The van der Waals surface area contributed by atoms with Gasteiger partial charge in [0.15, 0.2) is 0 Å². The molecule has 3 nitrogen and oxygen atoms in total. The first-order chi connectivity index (χ1) is 11.3. The average molecular weight is 328 g/mol. The van der Waals surface area contributed by atoms with Crippen molar-refractivity contribution in [2.75, 3.05) is 6.61 Å². The van der Waals surface area contributed by atoms with E-state index in [1.807, 2.05) is 6.92 Å². The smallest absolute Gasteiger partial charge is 0.144 e. The molecule has 1 spiro atoms. The van der Waals surface area contributed by atoms with Gasteiger partial charge in [0.1, 0.15) is 11.6 Å². The van der Waals surface area contributed by atoms with E-state index >= 15 is 0 Å². The van der Waals surface area contributed by atoms with Crippen molar-refractivity contribution in [2.24, 2.45) is 28.6 Å². The van der Waals surface area contributed by atoms with Crippen LogP contribution in [0.3, 0.4) is 0 Å². The normalized spacial score (nSPS) is 40.2. The van der Waals surface area contributed by atoms with E-state index in [0.717, 1.165) is 25.0 Å². The summed E-state index contributed by atoms with van der Waals surface area (Å²) >= 11 is 0. The number of fused-ring (bicyclic) bond motifs is 2. The minimum atomic E-state index is -0.407. The standard InChI is InChI=1S/C21H28O3/c1-5-24-14-8-13-11-21(13)17(9-14)19(23)15-7-6-12(2)16(10-18(21)22)20(15,3)4/h8,13,15,17H,5-7,9-11H2,1-4H3/t13-,15+,17+,21-/m1/s1. The van der Waals surface area contributed by atoms with Gasteiger partial charge in [0, 0.05) is 30.1 Å². The molecule has 0 aromatic carbocycles. The Morgan fingerprint density at radius 2 is 2.00 bits per heavy atom. The molecule has 2 bridgehead atoms. The van der Waals surface area contributed by atoms with E-state index in [1.54, 1.807) is 0 Å². The number of rotatable bonds is 2. The molecule has 4 aliphatic rings. The van der Waals surface area contributed by atoms with Gasteiger partial charge < -0.3 is 4.74 Å². The highest BCUT2D eigenvalue weighted by atomic mass is 16.5. The molecule has 4 atom stereocenters. The minimum Gasteiger partial charge on any atom is -0.499 e. The number of ether oxygens (including phenoxy) is 1. The SMILES string of the molecule is CCOC1=C[C@@H]2C[C@@]23C(=O)CC2=C(C)CC[C@@H](C(=O)[C@@H]3C1)C2(C)C. The van der Waals surface area contributed by atoms with Crippen molar-refractivity contribution in [1.29, 1.82) is 0 Å². The first-order valence-electron chi connectivity index (χ1n) is 9.42. The summed E-state index contributed by atoms with van der Waals surface area (Å²) in [6.07, 6.45) is 6.04. The maximum atomic E-state index is 13.5. The zero-order chi connectivity index (χ0) is 17.3. The molecule has 24 heavy (non-hydrogen) atoms. The average Bonchev–Trinajstić information content (AvgIpc) is 3.25. The van der Waals surface area contributed by atoms with Crippen LogP contribution in [0.15, 0.2) is 23.0 Å². The largest absolute Gasteiger partial charge is 0.499 e. The Morgan fingerprint density at radius 3 is 2.71 bits per heavy atom. The molecule has 0 aromatic heterocycles. The van der Waals surface area contributed by atoms with Gasteiger partial charge in [0.25, 0.3) is 0 Å². The van der Waals surface area contributed by atoms with E-state index < -0.39 is 5.41 Å².